The first-order valence-electron chi connectivity index (χ1n) is 6.15. The first-order valence-corrected chi connectivity index (χ1v) is 6.56. The first kappa shape index (κ1) is 12.9. The number of hydrogen-bond acceptors (Lipinski definition) is 2. The molecular formula is C15H13FN2OS. The number of nitrogens with one attached hydrogen (secondary N) is 1. The fourth-order valence-corrected chi connectivity index (χ4v) is 2.60. The van der Waals surface area contributed by atoms with Crippen LogP contribution in [0.2, 0.25) is 0 Å². The zero-order valence-corrected chi connectivity index (χ0v) is 11.9. The topological polar surface area (TPSA) is 29.9 Å². The van der Waals surface area contributed by atoms with Gasteiger partial charge in [0.15, 0.2) is 16.3 Å². The lowest BCUT2D eigenvalue weighted by Gasteiger charge is -2.07. The van der Waals surface area contributed by atoms with E-state index in [1.165, 1.54) is 13.2 Å². The molecule has 0 radical (unpaired) electrons. The van der Waals surface area contributed by atoms with Crippen molar-refractivity contribution in [3.8, 4) is 11.4 Å². The maximum absolute atomic E-state index is 13.7. The molecule has 1 aromatic heterocycles. The Balaban J connectivity index is 2.35. The van der Waals surface area contributed by atoms with Gasteiger partial charge in [-0.1, -0.05) is 12.1 Å². The van der Waals surface area contributed by atoms with E-state index in [-0.39, 0.29) is 5.75 Å². The number of benzene rings is 2. The number of halogens is 1. The molecule has 0 amide bonds. The molecule has 0 unspecified atom stereocenters. The smallest absolute Gasteiger partial charge is 0.182 e. The Morgan fingerprint density at radius 2 is 2.05 bits per heavy atom. The molecule has 5 heteroatoms. The second-order valence-corrected chi connectivity index (χ2v) is 5.00. The van der Waals surface area contributed by atoms with Crippen LogP contribution in [-0.2, 0) is 0 Å². The van der Waals surface area contributed by atoms with Gasteiger partial charge in [-0.2, -0.15) is 0 Å². The van der Waals surface area contributed by atoms with Crippen LogP contribution in [-0.4, -0.2) is 16.7 Å². The number of methoxy groups -OCH3 is 1. The third kappa shape index (κ3) is 2.00. The molecule has 0 atom stereocenters. The van der Waals surface area contributed by atoms with Crippen molar-refractivity contribution in [1.29, 1.82) is 0 Å². The van der Waals surface area contributed by atoms with Gasteiger partial charge in [-0.05, 0) is 36.8 Å². The van der Waals surface area contributed by atoms with Crippen LogP contribution in [0.25, 0.3) is 16.7 Å². The Kier molecular flexibility index (Phi) is 3.06. The summed E-state index contributed by atoms with van der Waals surface area (Å²) in [5, 5.41) is 0. The van der Waals surface area contributed by atoms with E-state index >= 15 is 0 Å². The summed E-state index contributed by atoms with van der Waals surface area (Å²) in [5.74, 6) is -0.208. The van der Waals surface area contributed by atoms with Crippen molar-refractivity contribution in [3.63, 3.8) is 0 Å². The zero-order valence-electron chi connectivity index (χ0n) is 11.1. The number of hydrogen-bond donors (Lipinski definition) is 1. The van der Waals surface area contributed by atoms with Gasteiger partial charge in [-0.15, -0.1) is 0 Å². The molecular weight excluding hydrogens is 275 g/mol. The molecule has 1 heterocycles. The molecule has 0 bridgehead atoms. The van der Waals surface area contributed by atoms with E-state index < -0.39 is 5.82 Å². The van der Waals surface area contributed by atoms with Crippen molar-refractivity contribution in [2.75, 3.05) is 7.11 Å². The molecule has 0 aliphatic rings. The summed E-state index contributed by atoms with van der Waals surface area (Å²) in [5.41, 5.74) is 3.51. The highest BCUT2D eigenvalue weighted by Crippen LogP contribution is 2.27. The van der Waals surface area contributed by atoms with Gasteiger partial charge in [-0.25, -0.2) is 4.39 Å². The van der Waals surface area contributed by atoms with Crippen molar-refractivity contribution in [2.45, 2.75) is 6.92 Å². The number of aromatic amines is 1. The molecule has 102 valence electrons. The minimum absolute atomic E-state index is 0.202. The molecule has 0 aliphatic carbocycles. The van der Waals surface area contributed by atoms with Crippen molar-refractivity contribution < 1.29 is 9.13 Å². The summed E-state index contributed by atoms with van der Waals surface area (Å²) in [6.45, 7) is 2.02. The Labute approximate surface area is 120 Å². The molecule has 3 rings (SSSR count). The predicted molar refractivity (Wildman–Crippen MR) is 79.7 cm³/mol. The third-order valence-electron chi connectivity index (χ3n) is 3.22. The Hall–Kier alpha value is -2.14. The van der Waals surface area contributed by atoms with Crippen molar-refractivity contribution in [3.05, 3.63) is 52.5 Å². The number of aromatic nitrogens is 2. The average molecular weight is 288 g/mol. The fraction of sp³-hybridized carbons (Fsp3) is 0.133. The quantitative estimate of drug-likeness (QED) is 0.718. The number of rotatable bonds is 2. The molecule has 0 saturated carbocycles. The first-order chi connectivity index (χ1) is 9.60. The van der Waals surface area contributed by atoms with E-state index in [1.54, 1.807) is 6.07 Å². The molecule has 1 N–H and O–H groups in total. The Morgan fingerprint density at radius 3 is 2.75 bits per heavy atom. The second kappa shape index (κ2) is 4.76. The zero-order chi connectivity index (χ0) is 14.3. The van der Waals surface area contributed by atoms with Crippen LogP contribution >= 0.6 is 12.2 Å². The van der Waals surface area contributed by atoms with Crippen LogP contribution in [0.3, 0.4) is 0 Å². The average Bonchev–Trinajstić information content (AvgIpc) is 2.72. The molecule has 20 heavy (non-hydrogen) atoms. The minimum atomic E-state index is -0.410. The number of H-pyrrole nitrogens is 1. The Bertz CT molecular complexity index is 851. The van der Waals surface area contributed by atoms with Gasteiger partial charge in [0.25, 0.3) is 0 Å². The summed E-state index contributed by atoms with van der Waals surface area (Å²) in [6, 6.07) is 11.0. The minimum Gasteiger partial charge on any atom is -0.494 e. The van der Waals surface area contributed by atoms with E-state index in [1.807, 2.05) is 35.8 Å². The van der Waals surface area contributed by atoms with Crippen LogP contribution in [0.15, 0.2) is 36.4 Å². The Morgan fingerprint density at radius 1 is 1.25 bits per heavy atom. The van der Waals surface area contributed by atoms with Crippen LogP contribution in [0.5, 0.6) is 5.75 Å². The number of aryl methyl sites for hydroxylation is 1. The third-order valence-corrected chi connectivity index (χ3v) is 3.50. The van der Waals surface area contributed by atoms with Crippen molar-refractivity contribution >= 4 is 23.3 Å². The summed E-state index contributed by atoms with van der Waals surface area (Å²) in [4.78, 5) is 3.02. The number of imidazole rings is 1. The molecule has 3 nitrogen and oxygen atoms in total. The van der Waals surface area contributed by atoms with Gasteiger partial charge in [0.1, 0.15) is 0 Å². The van der Waals surface area contributed by atoms with Gasteiger partial charge in [0, 0.05) is 17.8 Å². The summed E-state index contributed by atoms with van der Waals surface area (Å²) in [6.07, 6.45) is 0. The molecule has 2 aromatic carbocycles. The lowest BCUT2D eigenvalue weighted by Crippen LogP contribution is -1.95. The molecule has 3 aromatic rings. The van der Waals surface area contributed by atoms with E-state index in [2.05, 4.69) is 4.98 Å². The highest BCUT2D eigenvalue weighted by atomic mass is 32.1. The maximum atomic E-state index is 13.7. The van der Waals surface area contributed by atoms with Crippen molar-refractivity contribution in [1.82, 2.24) is 9.55 Å². The van der Waals surface area contributed by atoms with Crippen LogP contribution < -0.4 is 4.74 Å². The standard InChI is InChI=1S/C15H13FN2OS/c1-9-4-3-5-10(6-9)18-13-8-14(19-2)11(16)7-12(13)17-15(18)20/h3-8H,1-2H3,(H,17,20). The molecule has 0 aliphatic heterocycles. The number of nitrogens with zero attached hydrogens (tertiary/aromatic N) is 1. The predicted octanol–water partition coefficient (Wildman–Crippen LogP) is 4.14. The molecule has 0 fully saturated rings. The van der Waals surface area contributed by atoms with E-state index in [0.29, 0.717) is 10.3 Å². The molecule has 0 spiro atoms. The van der Waals surface area contributed by atoms with E-state index in [9.17, 15) is 4.39 Å². The van der Waals surface area contributed by atoms with E-state index in [0.717, 1.165) is 16.8 Å². The summed E-state index contributed by atoms with van der Waals surface area (Å²) in [7, 11) is 1.45. The van der Waals surface area contributed by atoms with Crippen LogP contribution in [0, 0.1) is 17.5 Å². The van der Waals surface area contributed by atoms with Crippen molar-refractivity contribution in [2.24, 2.45) is 0 Å². The SMILES string of the molecule is COc1cc2c(cc1F)[nH]c(=S)n2-c1cccc(C)c1. The highest BCUT2D eigenvalue weighted by molar-refractivity contribution is 7.71. The largest absolute Gasteiger partial charge is 0.494 e. The maximum Gasteiger partial charge on any atom is 0.182 e. The van der Waals surface area contributed by atoms with Gasteiger partial charge >= 0.3 is 0 Å². The second-order valence-electron chi connectivity index (χ2n) is 4.61. The lowest BCUT2D eigenvalue weighted by molar-refractivity contribution is 0.387. The number of ether oxygens (including phenoxy) is 1. The monoisotopic (exact) mass is 288 g/mol. The lowest BCUT2D eigenvalue weighted by atomic mass is 10.2. The summed E-state index contributed by atoms with van der Waals surface area (Å²) >= 11 is 5.35. The fourth-order valence-electron chi connectivity index (χ4n) is 2.29. The van der Waals surface area contributed by atoms with Gasteiger partial charge in [0.2, 0.25) is 0 Å². The molecule has 0 saturated heterocycles. The van der Waals surface area contributed by atoms with E-state index in [4.69, 9.17) is 17.0 Å². The van der Waals surface area contributed by atoms with Gasteiger partial charge < -0.3 is 9.72 Å². The van der Waals surface area contributed by atoms with Gasteiger partial charge in [0.05, 0.1) is 18.1 Å². The summed E-state index contributed by atoms with van der Waals surface area (Å²) < 4.78 is 21.2. The van der Waals surface area contributed by atoms with Crippen LogP contribution in [0.4, 0.5) is 4.39 Å². The number of fused-ring (bicyclic) bond motifs is 1. The highest BCUT2D eigenvalue weighted by Gasteiger charge is 2.11. The van der Waals surface area contributed by atoms with Gasteiger partial charge in [-0.3, -0.25) is 4.57 Å². The van der Waals surface area contributed by atoms with Crippen LogP contribution in [0.1, 0.15) is 5.56 Å². The normalized spacial score (nSPS) is 10.9.